The Bertz CT molecular complexity index is 1830. The fraction of sp³-hybridized carbons (Fsp3) is 0.320. The number of aromatic nitrogens is 4. The summed E-state index contributed by atoms with van der Waals surface area (Å²) in [4.78, 5) is 15.5. The molecule has 2 aliphatic rings. The standard InChI is InChI=1S/C25H20F5N7O6S/c26-24(27)12-36(7-8-41-24)23-35-33-20(43-23)15-5-6-18-17(9-15)37(21(38)16(31)11-44(18,39)40)10-13-1-3-14(4-2-13)19-32-34-22(42-19)25(28,29)30/h1-6,9,16H,7-8,10-12,31H2/t16-/m0/s1. The van der Waals surface area contributed by atoms with Crippen molar-refractivity contribution in [2.45, 2.75) is 29.8 Å². The number of ether oxygens (including phenoxy) is 1. The van der Waals surface area contributed by atoms with Crippen LogP contribution in [0.3, 0.4) is 0 Å². The third kappa shape index (κ3) is 5.72. The molecule has 6 rings (SSSR count). The lowest BCUT2D eigenvalue weighted by atomic mass is 10.1. The number of nitrogens with two attached hydrogens (primary N) is 1. The Kier molecular flexibility index (Phi) is 7.12. The molecule has 0 radical (unpaired) electrons. The number of amides is 1. The van der Waals surface area contributed by atoms with Crippen molar-refractivity contribution < 1.29 is 48.7 Å². The second-order valence-electron chi connectivity index (χ2n) is 9.90. The Morgan fingerprint density at radius 1 is 0.977 bits per heavy atom. The normalized spacial score (nSPS) is 20.0. The molecule has 0 saturated carbocycles. The molecule has 19 heteroatoms. The molecule has 0 spiro atoms. The number of anilines is 2. The van der Waals surface area contributed by atoms with Crippen LogP contribution in [-0.4, -0.2) is 72.3 Å². The van der Waals surface area contributed by atoms with Gasteiger partial charge in [-0.15, -0.1) is 15.3 Å². The second kappa shape index (κ2) is 10.6. The van der Waals surface area contributed by atoms with Crippen LogP contribution in [0.4, 0.5) is 33.7 Å². The van der Waals surface area contributed by atoms with Gasteiger partial charge in [-0.25, -0.2) is 8.42 Å². The number of carbonyl (C=O) groups is 1. The summed E-state index contributed by atoms with van der Waals surface area (Å²) in [7, 11) is -4.04. The number of carbonyl (C=O) groups excluding carboxylic acids is 1. The Labute approximate surface area is 244 Å². The van der Waals surface area contributed by atoms with Crippen molar-refractivity contribution in [3.8, 4) is 22.9 Å². The van der Waals surface area contributed by atoms with E-state index >= 15 is 0 Å². The highest BCUT2D eigenvalue weighted by molar-refractivity contribution is 7.91. The lowest BCUT2D eigenvalue weighted by Crippen LogP contribution is -2.46. The van der Waals surface area contributed by atoms with E-state index in [9.17, 15) is 35.2 Å². The van der Waals surface area contributed by atoms with Gasteiger partial charge in [0.1, 0.15) is 6.54 Å². The molecule has 4 heterocycles. The van der Waals surface area contributed by atoms with Crippen LogP contribution in [0.1, 0.15) is 11.5 Å². The highest BCUT2D eigenvalue weighted by atomic mass is 32.2. The molecule has 13 nitrogen and oxygen atoms in total. The third-order valence-electron chi connectivity index (χ3n) is 6.76. The molecule has 0 unspecified atom stereocenters. The van der Waals surface area contributed by atoms with Crippen molar-refractivity contribution in [1.29, 1.82) is 0 Å². The molecule has 2 N–H and O–H groups in total. The zero-order valence-corrected chi connectivity index (χ0v) is 23.0. The maximum Gasteiger partial charge on any atom is 0.470 e. The Hall–Kier alpha value is -4.49. The number of sulfone groups is 1. The van der Waals surface area contributed by atoms with Gasteiger partial charge in [-0.3, -0.25) is 4.79 Å². The Balaban J connectivity index is 1.32. The van der Waals surface area contributed by atoms with E-state index in [2.05, 4.69) is 29.5 Å². The third-order valence-corrected chi connectivity index (χ3v) is 8.57. The summed E-state index contributed by atoms with van der Waals surface area (Å²) in [6, 6.07) is 8.10. The van der Waals surface area contributed by atoms with Gasteiger partial charge in [0.25, 0.3) is 0 Å². The summed E-state index contributed by atoms with van der Waals surface area (Å²) in [5, 5.41) is 14.1. The smallest absolute Gasteiger partial charge is 0.413 e. The minimum absolute atomic E-state index is 0.0473. The van der Waals surface area contributed by atoms with Crippen LogP contribution in [0.25, 0.3) is 22.9 Å². The van der Waals surface area contributed by atoms with Crippen LogP contribution in [0, 0.1) is 0 Å². The summed E-state index contributed by atoms with van der Waals surface area (Å²) in [6.07, 6.45) is -8.23. The first kappa shape index (κ1) is 29.6. The van der Waals surface area contributed by atoms with Crippen molar-refractivity contribution in [1.82, 2.24) is 20.4 Å². The van der Waals surface area contributed by atoms with E-state index in [0.717, 1.165) is 9.80 Å². The van der Waals surface area contributed by atoms with E-state index in [-0.39, 0.29) is 59.2 Å². The predicted octanol–water partition coefficient (Wildman–Crippen LogP) is 2.88. The number of rotatable bonds is 5. The SMILES string of the molecule is N[C@H]1CS(=O)(=O)c2ccc(-c3nnc(N4CCOC(F)(F)C4)o3)cc2N(Cc2ccc(-c3nnc(C(F)(F)F)o3)cc2)C1=O. The van der Waals surface area contributed by atoms with Gasteiger partial charge in [-0.1, -0.05) is 17.2 Å². The summed E-state index contributed by atoms with van der Waals surface area (Å²) in [6.45, 7) is -1.21. The number of hydrogen-bond donors (Lipinski definition) is 1. The molecule has 2 aromatic heterocycles. The molecule has 4 aromatic rings. The molecule has 44 heavy (non-hydrogen) atoms. The van der Waals surface area contributed by atoms with E-state index in [1.807, 2.05) is 0 Å². The molecule has 2 aromatic carbocycles. The van der Waals surface area contributed by atoms with Gasteiger partial charge in [0, 0.05) is 17.7 Å². The summed E-state index contributed by atoms with van der Waals surface area (Å²) in [5.41, 5.74) is 6.73. The lowest BCUT2D eigenvalue weighted by molar-refractivity contribution is -0.240. The van der Waals surface area contributed by atoms with Crippen LogP contribution >= 0.6 is 0 Å². The van der Waals surface area contributed by atoms with Gasteiger partial charge >= 0.3 is 24.2 Å². The summed E-state index contributed by atoms with van der Waals surface area (Å²) < 4.78 is 107. The van der Waals surface area contributed by atoms with Gasteiger partial charge in [0.15, 0.2) is 9.84 Å². The summed E-state index contributed by atoms with van der Waals surface area (Å²) in [5.74, 6) is -3.40. The molecule has 0 bridgehead atoms. The highest BCUT2D eigenvalue weighted by Gasteiger charge is 2.40. The lowest BCUT2D eigenvalue weighted by Gasteiger charge is -2.30. The molecule has 0 aliphatic carbocycles. The molecule has 232 valence electrons. The van der Waals surface area contributed by atoms with E-state index in [0.29, 0.717) is 5.56 Å². The monoisotopic (exact) mass is 641 g/mol. The van der Waals surface area contributed by atoms with Crippen LogP contribution in [0.2, 0.25) is 0 Å². The zero-order chi connectivity index (χ0) is 31.4. The number of benzene rings is 2. The van der Waals surface area contributed by atoms with Crippen LogP contribution in [-0.2, 0) is 32.1 Å². The molecule has 1 atom stereocenters. The first-order chi connectivity index (χ1) is 20.7. The molecule has 1 amide bonds. The van der Waals surface area contributed by atoms with E-state index in [4.69, 9.17) is 10.2 Å². The summed E-state index contributed by atoms with van der Waals surface area (Å²) >= 11 is 0. The number of nitrogens with zero attached hydrogens (tertiary/aromatic N) is 6. The molecule has 1 fully saturated rings. The maximum absolute atomic E-state index is 13.7. The highest BCUT2D eigenvalue weighted by Crippen LogP contribution is 2.36. The van der Waals surface area contributed by atoms with Crippen molar-refractivity contribution in [2.24, 2.45) is 5.73 Å². The van der Waals surface area contributed by atoms with Crippen molar-refractivity contribution in [3.63, 3.8) is 0 Å². The molecule has 2 aliphatic heterocycles. The van der Waals surface area contributed by atoms with Crippen LogP contribution < -0.4 is 15.5 Å². The number of morpholine rings is 1. The van der Waals surface area contributed by atoms with Crippen LogP contribution in [0.5, 0.6) is 0 Å². The Morgan fingerprint density at radius 3 is 2.34 bits per heavy atom. The maximum atomic E-state index is 13.7. The Morgan fingerprint density at radius 2 is 1.66 bits per heavy atom. The van der Waals surface area contributed by atoms with E-state index < -0.39 is 52.3 Å². The largest absolute Gasteiger partial charge is 0.470 e. The number of fused-ring (bicyclic) bond motifs is 1. The van der Waals surface area contributed by atoms with Gasteiger partial charge in [-0.2, -0.15) is 22.0 Å². The van der Waals surface area contributed by atoms with E-state index in [1.165, 1.54) is 42.5 Å². The fourth-order valence-electron chi connectivity index (χ4n) is 4.67. The average molecular weight is 642 g/mol. The number of hydrogen-bond acceptors (Lipinski definition) is 12. The number of halogens is 5. The van der Waals surface area contributed by atoms with Crippen LogP contribution in [0.15, 0.2) is 56.2 Å². The van der Waals surface area contributed by atoms with Crippen molar-refractivity contribution in [2.75, 3.05) is 35.2 Å². The van der Waals surface area contributed by atoms with Gasteiger partial charge < -0.3 is 29.1 Å². The first-order valence-electron chi connectivity index (χ1n) is 12.7. The van der Waals surface area contributed by atoms with Gasteiger partial charge in [0.05, 0.1) is 35.5 Å². The second-order valence-corrected chi connectivity index (χ2v) is 11.9. The fourth-order valence-corrected chi connectivity index (χ4v) is 6.23. The molecular weight excluding hydrogens is 621 g/mol. The average Bonchev–Trinajstić information content (AvgIpc) is 3.65. The topological polar surface area (TPSA) is 171 Å². The number of alkyl halides is 5. The van der Waals surface area contributed by atoms with Crippen molar-refractivity contribution >= 4 is 27.4 Å². The van der Waals surface area contributed by atoms with Gasteiger partial charge in [0.2, 0.25) is 17.7 Å². The quantitative estimate of drug-likeness (QED) is 0.317. The molecular formula is C25H20F5N7O6S. The first-order valence-corrected chi connectivity index (χ1v) is 14.4. The van der Waals surface area contributed by atoms with Gasteiger partial charge in [-0.05, 0) is 35.9 Å². The minimum Gasteiger partial charge on any atom is -0.413 e. The van der Waals surface area contributed by atoms with E-state index in [1.54, 1.807) is 0 Å². The molecule has 1 saturated heterocycles. The minimum atomic E-state index is -4.82. The van der Waals surface area contributed by atoms with Crippen molar-refractivity contribution in [3.05, 3.63) is 53.9 Å². The predicted molar refractivity (Wildman–Crippen MR) is 139 cm³/mol. The zero-order valence-electron chi connectivity index (χ0n) is 22.2.